The van der Waals surface area contributed by atoms with Crippen LogP contribution in [0.25, 0.3) is 11.3 Å². The predicted molar refractivity (Wildman–Crippen MR) is 93.7 cm³/mol. The van der Waals surface area contributed by atoms with Crippen molar-refractivity contribution in [1.29, 1.82) is 0 Å². The molecule has 126 valence electrons. The molecule has 2 aromatic rings. The van der Waals surface area contributed by atoms with Crippen LogP contribution in [-0.4, -0.2) is 33.7 Å². The van der Waals surface area contributed by atoms with Crippen molar-refractivity contribution in [3.05, 3.63) is 52.3 Å². The van der Waals surface area contributed by atoms with Crippen LogP contribution in [0.5, 0.6) is 0 Å². The number of rotatable bonds is 4. The highest BCUT2D eigenvalue weighted by molar-refractivity contribution is 5.76. The van der Waals surface area contributed by atoms with Crippen LogP contribution < -0.4 is 5.56 Å². The minimum atomic E-state index is -0.241. The maximum absolute atomic E-state index is 12.4. The number of benzene rings is 1. The van der Waals surface area contributed by atoms with Gasteiger partial charge in [-0.05, 0) is 37.3 Å². The monoisotopic (exact) mass is 325 g/mol. The lowest BCUT2D eigenvalue weighted by Crippen LogP contribution is -2.40. The van der Waals surface area contributed by atoms with E-state index in [0.29, 0.717) is 5.69 Å². The Hall–Kier alpha value is -2.43. The number of aromatic nitrogens is 2. The van der Waals surface area contributed by atoms with Crippen LogP contribution in [0.15, 0.2) is 41.2 Å². The number of hydrogen-bond donors (Lipinski definition) is 0. The van der Waals surface area contributed by atoms with E-state index < -0.39 is 0 Å². The molecule has 1 aromatic heterocycles. The summed E-state index contributed by atoms with van der Waals surface area (Å²) in [4.78, 5) is 26.3. The summed E-state index contributed by atoms with van der Waals surface area (Å²) < 4.78 is 1.28. The maximum atomic E-state index is 12.4. The molecule has 1 aliphatic rings. The number of carbonyl (C=O) groups excluding carboxylic acids is 1. The molecular weight excluding hydrogens is 302 g/mol. The lowest BCUT2D eigenvalue weighted by Gasteiger charge is -2.26. The maximum Gasteiger partial charge on any atom is 0.267 e. The van der Waals surface area contributed by atoms with Crippen LogP contribution in [0.1, 0.15) is 31.7 Å². The minimum Gasteiger partial charge on any atom is -0.341 e. The van der Waals surface area contributed by atoms with Gasteiger partial charge in [-0.25, -0.2) is 4.68 Å². The molecule has 24 heavy (non-hydrogen) atoms. The predicted octanol–water partition coefficient (Wildman–Crippen LogP) is 2.49. The summed E-state index contributed by atoms with van der Waals surface area (Å²) in [5.74, 6) is -0.0252. The Bertz CT molecular complexity index is 759. The molecule has 1 aromatic carbocycles. The highest BCUT2D eigenvalue weighted by Crippen LogP contribution is 2.16. The fraction of sp³-hybridized carbons (Fsp3) is 0.421. The third kappa shape index (κ3) is 3.72. The molecule has 0 atom stereocenters. The molecular formula is C19H23N3O2. The van der Waals surface area contributed by atoms with E-state index in [0.717, 1.165) is 37.9 Å². The van der Waals surface area contributed by atoms with E-state index in [2.05, 4.69) is 24.2 Å². The van der Waals surface area contributed by atoms with Crippen molar-refractivity contribution >= 4 is 5.91 Å². The first-order valence-electron chi connectivity index (χ1n) is 8.62. The van der Waals surface area contributed by atoms with Gasteiger partial charge in [0.25, 0.3) is 5.56 Å². The van der Waals surface area contributed by atoms with Crippen LogP contribution in [-0.2, 0) is 17.8 Å². The number of likely N-dealkylation sites (tertiary alicyclic amines) is 1. The van der Waals surface area contributed by atoms with E-state index in [4.69, 9.17) is 0 Å². The Morgan fingerprint density at radius 2 is 1.75 bits per heavy atom. The van der Waals surface area contributed by atoms with Gasteiger partial charge < -0.3 is 4.90 Å². The number of amides is 1. The molecule has 0 radical (unpaired) electrons. The molecule has 0 N–H and O–H groups in total. The molecule has 1 fully saturated rings. The third-order valence-electron chi connectivity index (χ3n) is 4.52. The standard InChI is InChI=1S/C19H23N3O2/c1-2-15-6-8-16(9-7-15)17-10-11-18(23)22(20-17)14-19(24)21-12-4-3-5-13-21/h6-11H,2-5,12-14H2,1H3. The van der Waals surface area contributed by atoms with Crippen molar-refractivity contribution in [1.82, 2.24) is 14.7 Å². The average molecular weight is 325 g/mol. The van der Waals surface area contributed by atoms with Crippen molar-refractivity contribution in [2.45, 2.75) is 39.2 Å². The van der Waals surface area contributed by atoms with Gasteiger partial charge in [0.1, 0.15) is 6.54 Å². The molecule has 0 bridgehead atoms. The van der Waals surface area contributed by atoms with E-state index in [-0.39, 0.29) is 18.0 Å². The SMILES string of the molecule is CCc1ccc(-c2ccc(=O)n(CC(=O)N3CCCCC3)n2)cc1. The zero-order chi connectivity index (χ0) is 16.9. The normalized spacial score (nSPS) is 14.6. The van der Waals surface area contributed by atoms with Gasteiger partial charge in [0.15, 0.2) is 0 Å². The second kappa shape index (κ2) is 7.43. The van der Waals surface area contributed by atoms with E-state index in [1.807, 2.05) is 17.0 Å². The first kappa shape index (κ1) is 16.4. The lowest BCUT2D eigenvalue weighted by atomic mass is 10.1. The first-order chi connectivity index (χ1) is 11.7. The van der Waals surface area contributed by atoms with Gasteiger partial charge in [-0.1, -0.05) is 31.2 Å². The fourth-order valence-corrected chi connectivity index (χ4v) is 3.00. The number of aryl methyl sites for hydroxylation is 1. The van der Waals surface area contributed by atoms with Gasteiger partial charge in [0, 0.05) is 24.7 Å². The van der Waals surface area contributed by atoms with Gasteiger partial charge in [-0.15, -0.1) is 0 Å². The number of hydrogen-bond acceptors (Lipinski definition) is 3. The van der Waals surface area contributed by atoms with Crippen molar-refractivity contribution in [3.8, 4) is 11.3 Å². The Morgan fingerprint density at radius 1 is 1.04 bits per heavy atom. The summed E-state index contributed by atoms with van der Waals surface area (Å²) >= 11 is 0. The zero-order valence-electron chi connectivity index (χ0n) is 14.1. The molecule has 0 aliphatic carbocycles. The van der Waals surface area contributed by atoms with E-state index >= 15 is 0 Å². The molecule has 0 spiro atoms. The largest absolute Gasteiger partial charge is 0.341 e. The van der Waals surface area contributed by atoms with Gasteiger partial charge >= 0.3 is 0 Å². The minimum absolute atomic E-state index is 0.0136. The third-order valence-corrected chi connectivity index (χ3v) is 4.52. The smallest absolute Gasteiger partial charge is 0.267 e. The second-order valence-electron chi connectivity index (χ2n) is 6.21. The molecule has 1 aliphatic heterocycles. The highest BCUT2D eigenvalue weighted by Gasteiger charge is 2.17. The molecule has 2 heterocycles. The van der Waals surface area contributed by atoms with Crippen LogP contribution in [0.2, 0.25) is 0 Å². The Kier molecular flexibility index (Phi) is 5.08. The summed E-state index contributed by atoms with van der Waals surface area (Å²) in [6.07, 6.45) is 4.23. The first-order valence-corrected chi connectivity index (χ1v) is 8.62. The molecule has 1 saturated heterocycles. The van der Waals surface area contributed by atoms with E-state index in [1.54, 1.807) is 6.07 Å². The van der Waals surface area contributed by atoms with Crippen molar-refractivity contribution < 1.29 is 4.79 Å². The van der Waals surface area contributed by atoms with Crippen LogP contribution >= 0.6 is 0 Å². The van der Waals surface area contributed by atoms with Crippen molar-refractivity contribution in [2.24, 2.45) is 0 Å². The summed E-state index contributed by atoms with van der Waals surface area (Å²) in [5, 5.41) is 4.39. The van der Waals surface area contributed by atoms with Crippen molar-refractivity contribution in [3.63, 3.8) is 0 Å². The van der Waals surface area contributed by atoms with Crippen molar-refractivity contribution in [2.75, 3.05) is 13.1 Å². The molecule has 3 rings (SSSR count). The lowest BCUT2D eigenvalue weighted by molar-refractivity contribution is -0.133. The van der Waals surface area contributed by atoms with Crippen LogP contribution in [0.4, 0.5) is 0 Å². The number of nitrogens with zero attached hydrogens (tertiary/aromatic N) is 3. The molecule has 1 amide bonds. The van der Waals surface area contributed by atoms with Gasteiger partial charge in [0.2, 0.25) is 5.91 Å². The summed E-state index contributed by atoms with van der Waals surface area (Å²) in [6, 6.07) is 11.3. The molecule has 0 saturated carbocycles. The van der Waals surface area contributed by atoms with Crippen LogP contribution in [0.3, 0.4) is 0 Å². The Morgan fingerprint density at radius 3 is 2.42 bits per heavy atom. The molecule has 0 unspecified atom stereocenters. The number of carbonyl (C=O) groups is 1. The summed E-state index contributed by atoms with van der Waals surface area (Å²) in [6.45, 7) is 3.69. The van der Waals surface area contributed by atoms with Gasteiger partial charge in [0.05, 0.1) is 5.69 Å². The average Bonchev–Trinajstić information content (AvgIpc) is 2.64. The Balaban J connectivity index is 1.80. The topological polar surface area (TPSA) is 55.2 Å². The second-order valence-corrected chi connectivity index (χ2v) is 6.21. The number of piperidine rings is 1. The van der Waals surface area contributed by atoms with E-state index in [1.165, 1.54) is 22.7 Å². The highest BCUT2D eigenvalue weighted by atomic mass is 16.2. The van der Waals surface area contributed by atoms with Crippen LogP contribution in [0, 0.1) is 0 Å². The fourth-order valence-electron chi connectivity index (χ4n) is 3.00. The molecule has 5 heteroatoms. The van der Waals surface area contributed by atoms with E-state index in [9.17, 15) is 9.59 Å². The quantitative estimate of drug-likeness (QED) is 0.868. The van der Waals surface area contributed by atoms with Gasteiger partial charge in [-0.2, -0.15) is 5.10 Å². The van der Waals surface area contributed by atoms with Gasteiger partial charge in [-0.3, -0.25) is 9.59 Å². The molecule has 5 nitrogen and oxygen atoms in total. The Labute approximate surface area is 141 Å². The summed E-state index contributed by atoms with van der Waals surface area (Å²) in [7, 11) is 0. The zero-order valence-corrected chi connectivity index (χ0v) is 14.1. The summed E-state index contributed by atoms with van der Waals surface area (Å²) in [5.41, 5.74) is 2.68.